The minimum atomic E-state index is -0.341. The van der Waals surface area contributed by atoms with E-state index in [4.69, 9.17) is 11.6 Å². The summed E-state index contributed by atoms with van der Waals surface area (Å²) in [5.41, 5.74) is 4.25. The van der Waals surface area contributed by atoms with Crippen LogP contribution in [0.1, 0.15) is 10.4 Å². The lowest BCUT2D eigenvalue weighted by Crippen LogP contribution is -2.01. The maximum absolute atomic E-state index is 13.3. The molecule has 152 valence electrons. The molecule has 0 saturated carbocycles. The minimum Gasteiger partial charge on any atom is -0.298 e. The van der Waals surface area contributed by atoms with Gasteiger partial charge in [-0.05, 0) is 30.2 Å². The van der Waals surface area contributed by atoms with E-state index in [1.165, 1.54) is 34.3 Å². The van der Waals surface area contributed by atoms with Gasteiger partial charge in [0.1, 0.15) is 5.82 Å². The summed E-state index contributed by atoms with van der Waals surface area (Å²) in [5.74, 6) is 1.04. The molecule has 0 aliphatic carbocycles. The highest BCUT2D eigenvalue weighted by Gasteiger charge is 2.20. The van der Waals surface area contributed by atoms with Crippen LogP contribution in [0.25, 0.3) is 22.5 Å². The number of aryl methyl sites for hydroxylation is 1. The fraction of sp³-hybridized carbons (Fsp3) is 0.130. The van der Waals surface area contributed by atoms with Crippen molar-refractivity contribution < 1.29 is 4.39 Å². The van der Waals surface area contributed by atoms with Crippen LogP contribution in [0, 0.1) is 12.7 Å². The van der Waals surface area contributed by atoms with E-state index < -0.39 is 0 Å². The monoisotopic (exact) mass is 455 g/mol. The molecule has 0 N–H and O–H groups in total. The Morgan fingerprint density at radius 2 is 2.00 bits per heavy atom. The first-order chi connectivity index (χ1) is 14.6. The average molecular weight is 456 g/mol. The SMILES string of the molecule is C=CCn1c(SCc2ccc(F)cc2Cl)nnc1-c1csc(C)c1-c1ccccc1. The third-order valence-electron chi connectivity index (χ3n) is 4.68. The number of hydrogen-bond acceptors (Lipinski definition) is 4. The highest BCUT2D eigenvalue weighted by molar-refractivity contribution is 7.98. The largest absolute Gasteiger partial charge is 0.298 e. The Morgan fingerprint density at radius 1 is 1.20 bits per heavy atom. The molecular weight excluding hydrogens is 437 g/mol. The first-order valence-electron chi connectivity index (χ1n) is 9.33. The van der Waals surface area contributed by atoms with Crippen LogP contribution in [0.4, 0.5) is 4.39 Å². The molecule has 2 aromatic carbocycles. The minimum absolute atomic E-state index is 0.341. The molecule has 0 atom stereocenters. The van der Waals surface area contributed by atoms with Gasteiger partial charge in [0.25, 0.3) is 0 Å². The molecule has 4 aromatic rings. The molecule has 0 saturated heterocycles. The van der Waals surface area contributed by atoms with Gasteiger partial charge < -0.3 is 0 Å². The quantitative estimate of drug-likeness (QED) is 0.217. The molecule has 0 amide bonds. The number of thioether (sulfide) groups is 1. The topological polar surface area (TPSA) is 30.7 Å². The zero-order valence-electron chi connectivity index (χ0n) is 16.3. The summed E-state index contributed by atoms with van der Waals surface area (Å²) < 4.78 is 15.4. The second kappa shape index (κ2) is 9.16. The summed E-state index contributed by atoms with van der Waals surface area (Å²) in [7, 11) is 0. The zero-order valence-corrected chi connectivity index (χ0v) is 18.7. The number of nitrogens with zero attached hydrogens (tertiary/aromatic N) is 3. The van der Waals surface area contributed by atoms with Crippen LogP contribution in [0.2, 0.25) is 5.02 Å². The molecule has 0 bridgehead atoms. The van der Waals surface area contributed by atoms with E-state index in [-0.39, 0.29) is 5.82 Å². The van der Waals surface area contributed by atoms with E-state index in [1.54, 1.807) is 17.4 Å². The Hall–Kier alpha value is -2.41. The van der Waals surface area contributed by atoms with Crippen molar-refractivity contribution in [1.82, 2.24) is 14.8 Å². The Balaban J connectivity index is 1.70. The van der Waals surface area contributed by atoms with Crippen LogP contribution in [-0.4, -0.2) is 14.8 Å². The van der Waals surface area contributed by atoms with Crippen LogP contribution >= 0.6 is 34.7 Å². The number of aromatic nitrogens is 3. The smallest absolute Gasteiger partial charge is 0.192 e. The summed E-state index contributed by atoms with van der Waals surface area (Å²) >= 11 is 9.40. The third kappa shape index (κ3) is 4.21. The Bertz CT molecular complexity index is 1180. The second-order valence-electron chi connectivity index (χ2n) is 6.68. The number of allylic oxidation sites excluding steroid dienone is 1. The molecule has 0 fully saturated rings. The van der Waals surface area contributed by atoms with Crippen LogP contribution in [-0.2, 0) is 12.3 Å². The van der Waals surface area contributed by atoms with E-state index in [0.29, 0.717) is 17.3 Å². The number of benzene rings is 2. The van der Waals surface area contributed by atoms with Crippen molar-refractivity contribution in [2.75, 3.05) is 0 Å². The zero-order chi connectivity index (χ0) is 21.1. The van der Waals surface area contributed by atoms with Crippen LogP contribution in [0.3, 0.4) is 0 Å². The fourth-order valence-corrected chi connectivity index (χ4v) is 5.38. The Labute approximate surface area is 188 Å². The maximum Gasteiger partial charge on any atom is 0.192 e. The molecule has 2 aromatic heterocycles. The molecule has 0 unspecified atom stereocenters. The summed E-state index contributed by atoms with van der Waals surface area (Å²) in [4.78, 5) is 1.23. The Kier molecular flexibility index (Phi) is 6.37. The van der Waals surface area contributed by atoms with Gasteiger partial charge in [0, 0.05) is 38.7 Å². The van der Waals surface area contributed by atoms with Crippen molar-refractivity contribution in [2.45, 2.75) is 24.4 Å². The van der Waals surface area contributed by atoms with Crippen molar-refractivity contribution in [1.29, 1.82) is 0 Å². The molecule has 0 aliphatic rings. The van der Waals surface area contributed by atoms with Crippen molar-refractivity contribution in [2.24, 2.45) is 0 Å². The molecule has 7 heteroatoms. The highest BCUT2D eigenvalue weighted by atomic mass is 35.5. The van der Waals surface area contributed by atoms with E-state index in [9.17, 15) is 4.39 Å². The highest BCUT2D eigenvalue weighted by Crippen LogP contribution is 2.39. The van der Waals surface area contributed by atoms with E-state index >= 15 is 0 Å². The van der Waals surface area contributed by atoms with Crippen LogP contribution < -0.4 is 0 Å². The van der Waals surface area contributed by atoms with Gasteiger partial charge in [-0.15, -0.1) is 28.1 Å². The molecule has 3 nitrogen and oxygen atoms in total. The summed E-state index contributed by atoms with van der Waals surface area (Å²) in [5, 5.41) is 12.3. The van der Waals surface area contributed by atoms with Crippen molar-refractivity contribution >= 4 is 34.7 Å². The lowest BCUT2D eigenvalue weighted by Gasteiger charge is -2.10. The average Bonchev–Trinajstić information content (AvgIpc) is 3.31. The van der Waals surface area contributed by atoms with Gasteiger partial charge in [0.05, 0.1) is 0 Å². The van der Waals surface area contributed by atoms with Crippen LogP contribution in [0.5, 0.6) is 0 Å². The lowest BCUT2D eigenvalue weighted by molar-refractivity contribution is 0.627. The summed E-state index contributed by atoms with van der Waals surface area (Å²) in [6.45, 7) is 6.60. The summed E-state index contributed by atoms with van der Waals surface area (Å²) in [6, 6.07) is 14.8. The van der Waals surface area contributed by atoms with E-state index in [1.807, 2.05) is 24.3 Å². The lowest BCUT2D eigenvalue weighted by atomic mass is 10.0. The molecule has 0 aliphatic heterocycles. The normalized spacial score (nSPS) is 11.0. The predicted molar refractivity (Wildman–Crippen MR) is 125 cm³/mol. The van der Waals surface area contributed by atoms with Gasteiger partial charge in [-0.1, -0.05) is 65.8 Å². The van der Waals surface area contributed by atoms with E-state index in [2.05, 4.69) is 45.8 Å². The van der Waals surface area contributed by atoms with Gasteiger partial charge in [-0.3, -0.25) is 4.57 Å². The van der Waals surface area contributed by atoms with Crippen molar-refractivity contribution in [3.8, 4) is 22.5 Å². The van der Waals surface area contributed by atoms with Gasteiger partial charge in [-0.2, -0.15) is 0 Å². The molecule has 0 spiro atoms. The number of hydrogen-bond donors (Lipinski definition) is 0. The molecular formula is C23H19ClFN3S2. The number of thiophene rings is 1. The molecule has 30 heavy (non-hydrogen) atoms. The van der Waals surface area contributed by atoms with Crippen molar-refractivity contribution in [3.05, 3.63) is 87.8 Å². The standard InChI is InChI=1S/C23H19ClFN3S2/c1-3-11-28-22(19-14-29-15(2)21(19)16-7-5-4-6-8-16)26-27-23(28)30-13-17-9-10-18(25)12-20(17)24/h3-10,12,14H,1,11,13H2,2H3. The molecule has 0 radical (unpaired) electrons. The molecule has 2 heterocycles. The second-order valence-corrected chi connectivity index (χ2v) is 9.11. The predicted octanol–water partition coefficient (Wildman–Crippen LogP) is 7.25. The first-order valence-corrected chi connectivity index (χ1v) is 11.6. The van der Waals surface area contributed by atoms with E-state index in [0.717, 1.165) is 27.7 Å². The first kappa shape index (κ1) is 20.8. The van der Waals surface area contributed by atoms with Gasteiger partial charge >= 0.3 is 0 Å². The number of rotatable bonds is 7. The van der Waals surface area contributed by atoms with Gasteiger partial charge in [0.2, 0.25) is 0 Å². The number of halogens is 2. The van der Waals surface area contributed by atoms with Gasteiger partial charge in [0.15, 0.2) is 11.0 Å². The maximum atomic E-state index is 13.3. The van der Waals surface area contributed by atoms with Crippen LogP contribution in [0.15, 0.2) is 71.7 Å². The Morgan fingerprint density at radius 3 is 2.73 bits per heavy atom. The van der Waals surface area contributed by atoms with Crippen molar-refractivity contribution in [3.63, 3.8) is 0 Å². The fourth-order valence-electron chi connectivity index (χ4n) is 3.25. The van der Waals surface area contributed by atoms with Gasteiger partial charge in [-0.25, -0.2) is 4.39 Å². The summed E-state index contributed by atoms with van der Waals surface area (Å²) in [6.07, 6.45) is 1.84. The molecule has 4 rings (SSSR count). The third-order valence-corrected chi connectivity index (χ3v) is 6.96.